The van der Waals surface area contributed by atoms with Crippen LogP contribution < -0.4 is 41.8 Å². The molecule has 2 heterocycles. The molecule has 4 aromatic rings. The number of rotatable bonds is 19. The van der Waals surface area contributed by atoms with Crippen LogP contribution in [0.3, 0.4) is 0 Å². The smallest absolute Gasteiger partial charge is 0.315 e. The van der Waals surface area contributed by atoms with Crippen molar-refractivity contribution in [2.24, 2.45) is 5.73 Å². The fraction of sp³-hybridized carbons (Fsp3) is 0.545. The molecule has 56 heavy (non-hydrogen) atoms. The van der Waals surface area contributed by atoms with Gasteiger partial charge in [-0.25, -0.2) is 4.79 Å². The Hall–Kier alpha value is -4.84. The number of pyridine rings is 2. The number of carbonyl (C=O) groups is 2. The zero-order valence-corrected chi connectivity index (χ0v) is 35.3. The molecular weight excluding hydrogens is 705 g/mol. The van der Waals surface area contributed by atoms with Crippen molar-refractivity contribution in [1.29, 1.82) is 0 Å². The minimum atomic E-state index is -0.673. The monoisotopic (exact) mass is 771 g/mol. The number of fused-ring (bicyclic) bond motifs is 2. The Morgan fingerprint density at radius 2 is 1.14 bits per heavy atom. The van der Waals surface area contributed by atoms with E-state index in [2.05, 4.69) is 106 Å². The van der Waals surface area contributed by atoms with E-state index in [0.717, 1.165) is 81.8 Å². The normalized spacial score (nSPS) is 13.5. The fourth-order valence-electron chi connectivity index (χ4n) is 6.54. The van der Waals surface area contributed by atoms with Crippen molar-refractivity contribution in [2.75, 3.05) is 44.5 Å². The maximum absolute atomic E-state index is 13.2. The van der Waals surface area contributed by atoms with Crippen LogP contribution in [0.2, 0.25) is 0 Å². The minimum Gasteiger partial charge on any atom is -0.497 e. The van der Waals surface area contributed by atoms with Crippen LogP contribution in [0, 0.1) is 0 Å². The first-order valence-corrected chi connectivity index (χ1v) is 20.1. The predicted octanol–water partition coefficient (Wildman–Crippen LogP) is 7.78. The van der Waals surface area contributed by atoms with E-state index in [1.807, 2.05) is 24.3 Å². The molecule has 2 aromatic heterocycles. The molecule has 306 valence electrons. The highest BCUT2D eigenvalue weighted by Gasteiger charge is 2.22. The topological polar surface area (TPSA) is 165 Å². The highest BCUT2D eigenvalue weighted by Crippen LogP contribution is 2.33. The number of urea groups is 1. The largest absolute Gasteiger partial charge is 0.497 e. The first kappa shape index (κ1) is 43.9. The Balaban J connectivity index is 1.23. The number of nitrogens with two attached hydrogens (primary N) is 1. The quantitative estimate of drug-likeness (QED) is 0.0523. The summed E-state index contributed by atoms with van der Waals surface area (Å²) in [7, 11) is 3.33. The molecule has 12 nitrogen and oxygen atoms in total. The fourth-order valence-corrected chi connectivity index (χ4v) is 6.54. The second kappa shape index (κ2) is 19.8. The molecule has 0 aliphatic carbocycles. The van der Waals surface area contributed by atoms with E-state index in [4.69, 9.17) is 25.2 Å². The van der Waals surface area contributed by atoms with Gasteiger partial charge in [0, 0.05) is 70.3 Å². The van der Waals surface area contributed by atoms with Crippen LogP contribution in [0.15, 0.2) is 48.5 Å². The second-order valence-corrected chi connectivity index (χ2v) is 16.9. The molecule has 0 fully saturated rings. The Bertz CT molecular complexity index is 1920. The van der Waals surface area contributed by atoms with Gasteiger partial charge in [0.2, 0.25) is 5.91 Å². The van der Waals surface area contributed by atoms with E-state index in [-0.39, 0.29) is 34.9 Å². The molecule has 4 rings (SSSR count). The molecule has 2 unspecified atom stereocenters. The first-order valence-electron chi connectivity index (χ1n) is 20.1. The van der Waals surface area contributed by atoms with Gasteiger partial charge in [0.25, 0.3) is 0 Å². The van der Waals surface area contributed by atoms with Crippen molar-refractivity contribution in [2.45, 2.75) is 123 Å². The third-order valence-electron chi connectivity index (χ3n) is 9.88. The molecule has 0 radical (unpaired) electrons. The number of amides is 3. The lowest BCUT2D eigenvalue weighted by Crippen LogP contribution is -2.50. The zero-order valence-electron chi connectivity index (χ0n) is 35.3. The van der Waals surface area contributed by atoms with Gasteiger partial charge in [-0.1, -0.05) is 53.7 Å². The number of nitrogens with one attached hydrogen (secondary N) is 5. The number of aromatic nitrogens is 2. The third-order valence-corrected chi connectivity index (χ3v) is 9.88. The average Bonchev–Trinajstić information content (AvgIpc) is 3.15. The van der Waals surface area contributed by atoms with E-state index >= 15 is 0 Å². The molecule has 0 spiro atoms. The van der Waals surface area contributed by atoms with E-state index in [0.29, 0.717) is 32.5 Å². The van der Waals surface area contributed by atoms with Crippen LogP contribution in [0.1, 0.15) is 105 Å². The molecule has 0 bridgehead atoms. The van der Waals surface area contributed by atoms with E-state index in [1.165, 1.54) is 0 Å². The molecule has 7 N–H and O–H groups in total. The van der Waals surface area contributed by atoms with Crippen LogP contribution in [0.4, 0.5) is 16.2 Å². The molecule has 0 saturated carbocycles. The number of benzene rings is 2. The molecule has 0 aliphatic rings. The highest BCUT2D eigenvalue weighted by molar-refractivity contribution is 5.93. The van der Waals surface area contributed by atoms with Crippen LogP contribution in [0.25, 0.3) is 21.8 Å². The summed E-state index contributed by atoms with van der Waals surface area (Å²) in [4.78, 5) is 36.1. The number of hydrogen-bond acceptors (Lipinski definition) is 9. The van der Waals surface area contributed by atoms with Gasteiger partial charge in [0.15, 0.2) is 0 Å². The number of methoxy groups -OCH3 is 2. The number of anilines is 2. The lowest BCUT2D eigenvalue weighted by molar-refractivity contribution is -0.123. The predicted molar refractivity (Wildman–Crippen MR) is 230 cm³/mol. The van der Waals surface area contributed by atoms with Gasteiger partial charge in [0.1, 0.15) is 17.5 Å². The summed E-state index contributed by atoms with van der Waals surface area (Å²) in [6, 6.07) is 15.5. The van der Waals surface area contributed by atoms with Crippen LogP contribution in [-0.2, 0) is 15.6 Å². The second-order valence-electron chi connectivity index (χ2n) is 16.9. The van der Waals surface area contributed by atoms with Crippen LogP contribution in [-0.4, -0.2) is 73.9 Å². The van der Waals surface area contributed by atoms with Gasteiger partial charge >= 0.3 is 6.03 Å². The van der Waals surface area contributed by atoms with Crippen molar-refractivity contribution in [3.8, 4) is 11.5 Å². The van der Waals surface area contributed by atoms with Gasteiger partial charge < -0.3 is 41.8 Å². The molecule has 0 aliphatic heterocycles. The number of ether oxygens (including phenoxy) is 2. The highest BCUT2D eigenvalue weighted by atomic mass is 16.5. The maximum Gasteiger partial charge on any atom is 0.315 e. The lowest BCUT2D eigenvalue weighted by atomic mass is 9.91. The van der Waals surface area contributed by atoms with Gasteiger partial charge in [-0.15, -0.1) is 0 Å². The maximum atomic E-state index is 13.2. The first-order chi connectivity index (χ1) is 26.5. The van der Waals surface area contributed by atoms with E-state index < -0.39 is 6.04 Å². The summed E-state index contributed by atoms with van der Waals surface area (Å²) in [5, 5.41) is 18.1. The van der Waals surface area contributed by atoms with Crippen molar-refractivity contribution < 1.29 is 19.1 Å². The lowest BCUT2D eigenvalue weighted by Gasteiger charge is -2.22. The SMILES string of the molecule is COc1cc(NC(C)CCCNC(=O)N[C@H](CCCN)C(=O)NCCCC(C)Nc2cc(OC)cc3ccc(C(C)(C)C)nc23)c2nc(C(C)(C)C)ccc2c1. The summed E-state index contributed by atoms with van der Waals surface area (Å²) >= 11 is 0. The van der Waals surface area contributed by atoms with Crippen molar-refractivity contribution in [3.05, 3.63) is 59.9 Å². The van der Waals surface area contributed by atoms with Crippen LogP contribution in [0.5, 0.6) is 11.5 Å². The Morgan fingerprint density at radius 1 is 0.679 bits per heavy atom. The van der Waals surface area contributed by atoms with Crippen molar-refractivity contribution in [1.82, 2.24) is 25.9 Å². The summed E-state index contributed by atoms with van der Waals surface area (Å²) in [5.74, 6) is 1.32. The van der Waals surface area contributed by atoms with E-state index in [9.17, 15) is 9.59 Å². The zero-order chi connectivity index (χ0) is 41.0. The average molecular weight is 771 g/mol. The van der Waals surface area contributed by atoms with E-state index in [1.54, 1.807) is 14.2 Å². The van der Waals surface area contributed by atoms with Crippen molar-refractivity contribution >= 4 is 45.1 Å². The van der Waals surface area contributed by atoms with Gasteiger partial charge in [-0.05, 0) is 83.2 Å². The van der Waals surface area contributed by atoms with Crippen molar-refractivity contribution in [3.63, 3.8) is 0 Å². The summed E-state index contributed by atoms with van der Waals surface area (Å²) in [5.41, 5.74) is 11.3. The Kier molecular flexibility index (Phi) is 15.5. The third kappa shape index (κ3) is 12.6. The molecule has 3 amide bonds. The standard InChI is InChI=1S/C44H66N8O4/c1-28(48-35-26-32(55-9)24-30-17-19-37(43(3,4)5)51-39(30)35)14-12-22-46-41(53)34(16-11-21-45)50-42(54)47-23-13-15-29(2)49-36-27-33(56-10)25-31-18-20-38(44(6,7)8)52-40(31)36/h17-20,24-29,34,48-49H,11-16,21-23,45H2,1-10H3,(H,46,53)(H2,47,50,54)/t28?,29?,34-/m1/s1. The minimum absolute atomic E-state index is 0.0752. The number of nitrogens with zero attached hydrogens (tertiary/aromatic N) is 2. The Labute approximate surface area is 333 Å². The molecular formula is C44H66N8O4. The summed E-state index contributed by atoms with van der Waals surface area (Å²) in [6.07, 6.45) is 4.20. The summed E-state index contributed by atoms with van der Waals surface area (Å²) in [6.45, 7) is 18.6. The van der Waals surface area contributed by atoms with Gasteiger partial charge in [-0.2, -0.15) is 0 Å². The Morgan fingerprint density at radius 3 is 1.57 bits per heavy atom. The molecule has 2 aromatic carbocycles. The van der Waals surface area contributed by atoms with Gasteiger partial charge in [0.05, 0.1) is 36.6 Å². The molecule has 0 saturated heterocycles. The van der Waals surface area contributed by atoms with Crippen LogP contribution >= 0.6 is 0 Å². The molecule has 12 heteroatoms. The van der Waals surface area contributed by atoms with Gasteiger partial charge in [-0.3, -0.25) is 14.8 Å². The summed E-state index contributed by atoms with van der Waals surface area (Å²) < 4.78 is 11.1. The number of hydrogen-bond donors (Lipinski definition) is 6. The number of carbonyl (C=O) groups excluding carboxylic acids is 2. The molecule has 3 atom stereocenters.